The van der Waals surface area contributed by atoms with Crippen molar-refractivity contribution in [2.75, 3.05) is 18.2 Å². The summed E-state index contributed by atoms with van der Waals surface area (Å²) in [4.78, 5) is 2.44. The van der Waals surface area contributed by atoms with E-state index >= 15 is 0 Å². The third-order valence-electron chi connectivity index (χ3n) is 2.61. The van der Waals surface area contributed by atoms with Gasteiger partial charge in [-0.25, -0.2) is 0 Å². The van der Waals surface area contributed by atoms with Crippen molar-refractivity contribution in [3.8, 4) is 11.1 Å². The van der Waals surface area contributed by atoms with E-state index in [4.69, 9.17) is 10.3 Å². The maximum atomic E-state index is 5.78. The molecule has 1 aromatic carbocycles. The van der Waals surface area contributed by atoms with Crippen LogP contribution in [0.3, 0.4) is 0 Å². The van der Waals surface area contributed by atoms with E-state index < -0.39 is 0 Å². The Bertz CT molecular complexity index is 537. The van der Waals surface area contributed by atoms with Gasteiger partial charge in [-0.2, -0.15) is 0 Å². The molecule has 90 valence electrons. The highest BCUT2D eigenvalue weighted by atomic mass is 32.2. The molecule has 0 aliphatic rings. The molecule has 0 aliphatic heterocycles. The molecule has 2 aromatic rings. The van der Waals surface area contributed by atoms with Crippen molar-refractivity contribution in [2.45, 2.75) is 16.7 Å². The van der Waals surface area contributed by atoms with E-state index in [0.29, 0.717) is 5.88 Å². The number of aryl methyl sites for hydroxylation is 1. The molecule has 0 amide bonds. The number of hydrogen-bond acceptors (Lipinski definition) is 5. The second-order valence-corrected chi connectivity index (χ2v) is 5.32. The Morgan fingerprint density at radius 3 is 2.35 bits per heavy atom. The lowest BCUT2D eigenvalue weighted by molar-refractivity contribution is 0.436. The summed E-state index contributed by atoms with van der Waals surface area (Å²) in [5.41, 5.74) is 9.01. The van der Waals surface area contributed by atoms with Crippen LogP contribution in [0.15, 0.2) is 32.6 Å². The molecule has 0 spiro atoms. The molecule has 3 nitrogen and oxygen atoms in total. The van der Waals surface area contributed by atoms with Crippen LogP contribution in [0, 0.1) is 6.92 Å². The molecule has 17 heavy (non-hydrogen) atoms. The van der Waals surface area contributed by atoms with Crippen molar-refractivity contribution in [1.29, 1.82) is 0 Å². The zero-order valence-electron chi connectivity index (χ0n) is 9.98. The van der Waals surface area contributed by atoms with Crippen LogP contribution in [-0.2, 0) is 0 Å². The number of anilines is 1. The van der Waals surface area contributed by atoms with E-state index in [2.05, 4.69) is 36.7 Å². The van der Waals surface area contributed by atoms with Crippen LogP contribution in [0.4, 0.5) is 5.88 Å². The third-order valence-corrected chi connectivity index (χ3v) is 4.26. The number of thioether (sulfide) groups is 2. The lowest BCUT2D eigenvalue weighted by Gasteiger charge is -2.10. The van der Waals surface area contributed by atoms with Crippen LogP contribution < -0.4 is 5.73 Å². The fourth-order valence-electron chi connectivity index (χ4n) is 1.71. The van der Waals surface area contributed by atoms with Gasteiger partial charge >= 0.3 is 0 Å². The molecule has 1 heterocycles. The van der Waals surface area contributed by atoms with Crippen LogP contribution in [0.5, 0.6) is 0 Å². The monoisotopic (exact) mass is 266 g/mol. The fourth-order valence-corrected chi connectivity index (χ4v) is 3.01. The van der Waals surface area contributed by atoms with E-state index in [9.17, 15) is 0 Å². The number of rotatable bonds is 3. The zero-order chi connectivity index (χ0) is 12.4. The standard InChI is InChI=1S/C12H14N2OS2/c1-7-4-11(17-3)8(5-10(7)16-2)9-6-14-15-12(9)13/h4-6H,13H2,1-3H3. The van der Waals surface area contributed by atoms with Gasteiger partial charge in [-0.3, -0.25) is 0 Å². The summed E-state index contributed by atoms with van der Waals surface area (Å²) >= 11 is 3.43. The molecule has 5 heteroatoms. The van der Waals surface area contributed by atoms with E-state index in [1.807, 2.05) is 0 Å². The normalized spacial score (nSPS) is 10.8. The summed E-state index contributed by atoms with van der Waals surface area (Å²) in [5, 5.41) is 3.74. The minimum absolute atomic E-state index is 0.371. The number of aromatic nitrogens is 1. The van der Waals surface area contributed by atoms with Crippen LogP contribution in [0.2, 0.25) is 0 Å². The van der Waals surface area contributed by atoms with Crippen molar-refractivity contribution in [1.82, 2.24) is 5.16 Å². The Morgan fingerprint density at radius 2 is 1.82 bits per heavy atom. The number of nitrogens with zero attached hydrogens (tertiary/aromatic N) is 1. The molecular weight excluding hydrogens is 252 g/mol. The summed E-state index contributed by atoms with van der Waals surface area (Å²) in [7, 11) is 0. The predicted octanol–water partition coefficient (Wildman–Crippen LogP) is 3.68. The molecule has 0 saturated heterocycles. The summed E-state index contributed by atoms with van der Waals surface area (Å²) in [6.45, 7) is 2.12. The molecule has 0 radical (unpaired) electrons. The Hall–Kier alpha value is -1.07. The summed E-state index contributed by atoms with van der Waals surface area (Å²) in [6.07, 6.45) is 5.80. The molecule has 0 bridgehead atoms. The maximum absolute atomic E-state index is 5.78. The lowest BCUT2D eigenvalue weighted by Crippen LogP contribution is -1.90. The van der Waals surface area contributed by atoms with E-state index in [1.54, 1.807) is 29.7 Å². The van der Waals surface area contributed by atoms with Gasteiger partial charge in [0.25, 0.3) is 0 Å². The first-order chi connectivity index (χ1) is 8.17. The highest BCUT2D eigenvalue weighted by Gasteiger charge is 2.13. The number of benzene rings is 1. The van der Waals surface area contributed by atoms with Gasteiger partial charge in [0.15, 0.2) is 0 Å². The van der Waals surface area contributed by atoms with Crippen LogP contribution >= 0.6 is 23.5 Å². The Balaban J connectivity index is 2.63. The highest BCUT2D eigenvalue weighted by molar-refractivity contribution is 7.99. The fraction of sp³-hybridized carbons (Fsp3) is 0.250. The first kappa shape index (κ1) is 12.4. The number of hydrogen-bond donors (Lipinski definition) is 1. The van der Waals surface area contributed by atoms with E-state index in [0.717, 1.165) is 11.1 Å². The number of nitrogen functional groups attached to an aromatic ring is 1. The predicted molar refractivity (Wildman–Crippen MR) is 74.7 cm³/mol. The molecule has 0 aliphatic carbocycles. The summed E-state index contributed by atoms with van der Waals surface area (Å²) in [6, 6.07) is 4.33. The van der Waals surface area contributed by atoms with Crippen molar-refractivity contribution in [3.05, 3.63) is 23.9 Å². The molecule has 1 aromatic heterocycles. The van der Waals surface area contributed by atoms with Gasteiger partial charge in [0.1, 0.15) is 0 Å². The highest BCUT2D eigenvalue weighted by Crippen LogP contribution is 2.37. The largest absolute Gasteiger partial charge is 0.367 e. The van der Waals surface area contributed by atoms with Gasteiger partial charge in [-0.05, 0) is 37.1 Å². The molecule has 0 atom stereocenters. The van der Waals surface area contributed by atoms with Crippen molar-refractivity contribution in [2.24, 2.45) is 0 Å². The SMILES string of the molecule is CSc1cc(-c2cnoc2N)c(SC)cc1C. The summed E-state index contributed by atoms with van der Waals surface area (Å²) < 4.78 is 4.93. The third kappa shape index (κ3) is 2.30. The van der Waals surface area contributed by atoms with Crippen molar-refractivity contribution in [3.63, 3.8) is 0 Å². The van der Waals surface area contributed by atoms with E-state index in [1.165, 1.54) is 15.4 Å². The maximum Gasteiger partial charge on any atom is 0.229 e. The minimum Gasteiger partial charge on any atom is -0.367 e. The number of nitrogens with two attached hydrogens (primary N) is 1. The smallest absolute Gasteiger partial charge is 0.229 e. The molecule has 0 unspecified atom stereocenters. The minimum atomic E-state index is 0.371. The first-order valence-electron chi connectivity index (χ1n) is 5.10. The topological polar surface area (TPSA) is 52.0 Å². The van der Waals surface area contributed by atoms with Gasteiger partial charge in [0, 0.05) is 15.4 Å². The molecule has 2 N–H and O–H groups in total. The molecule has 0 saturated carbocycles. The molecular formula is C12H14N2OS2. The van der Waals surface area contributed by atoms with Crippen LogP contribution in [0.1, 0.15) is 5.56 Å². The molecule has 0 fully saturated rings. The lowest BCUT2D eigenvalue weighted by atomic mass is 10.1. The van der Waals surface area contributed by atoms with Gasteiger partial charge in [-0.15, -0.1) is 23.5 Å². The quantitative estimate of drug-likeness (QED) is 0.859. The van der Waals surface area contributed by atoms with Crippen LogP contribution in [0.25, 0.3) is 11.1 Å². The average molecular weight is 266 g/mol. The zero-order valence-corrected chi connectivity index (χ0v) is 11.6. The Morgan fingerprint density at radius 1 is 1.12 bits per heavy atom. The van der Waals surface area contributed by atoms with E-state index in [-0.39, 0.29) is 0 Å². The first-order valence-corrected chi connectivity index (χ1v) is 7.55. The summed E-state index contributed by atoms with van der Waals surface area (Å²) in [5.74, 6) is 0.371. The Kier molecular flexibility index (Phi) is 3.69. The molecule has 2 rings (SSSR count). The van der Waals surface area contributed by atoms with Crippen molar-refractivity contribution >= 4 is 29.4 Å². The van der Waals surface area contributed by atoms with Gasteiger partial charge in [0.05, 0.1) is 11.8 Å². The van der Waals surface area contributed by atoms with Gasteiger partial charge in [-0.1, -0.05) is 5.16 Å². The van der Waals surface area contributed by atoms with Gasteiger partial charge < -0.3 is 10.3 Å². The van der Waals surface area contributed by atoms with Gasteiger partial charge in [0.2, 0.25) is 5.88 Å². The second kappa shape index (κ2) is 5.06. The average Bonchev–Trinajstić information content (AvgIpc) is 2.75. The van der Waals surface area contributed by atoms with Crippen LogP contribution in [-0.4, -0.2) is 17.7 Å². The Labute approximate surface area is 109 Å². The second-order valence-electron chi connectivity index (χ2n) is 3.63. The van der Waals surface area contributed by atoms with Crippen molar-refractivity contribution < 1.29 is 4.52 Å².